The second-order valence-corrected chi connectivity index (χ2v) is 4.87. The van der Waals surface area contributed by atoms with Crippen molar-refractivity contribution in [3.63, 3.8) is 0 Å². The maximum Gasteiger partial charge on any atom is 0.224 e. The Hall–Kier alpha value is -0.870. The third kappa shape index (κ3) is 1.87. The molecule has 0 radical (unpaired) electrons. The summed E-state index contributed by atoms with van der Waals surface area (Å²) in [5, 5.41) is 0. The van der Waals surface area contributed by atoms with Gasteiger partial charge in [0.2, 0.25) is 5.91 Å². The summed E-state index contributed by atoms with van der Waals surface area (Å²) in [6.45, 7) is 2.69. The van der Waals surface area contributed by atoms with Crippen molar-refractivity contribution >= 4 is 21.8 Å². The van der Waals surface area contributed by atoms with E-state index < -0.39 is 0 Å². The Labute approximate surface area is 104 Å². The van der Waals surface area contributed by atoms with Crippen LogP contribution < -0.4 is 5.73 Å². The Balaban J connectivity index is 2.39. The van der Waals surface area contributed by atoms with Crippen LogP contribution in [0.15, 0.2) is 28.7 Å². The quantitative estimate of drug-likeness (QED) is 0.903. The fourth-order valence-corrected chi connectivity index (χ4v) is 2.82. The van der Waals surface area contributed by atoms with E-state index in [1.165, 1.54) is 0 Å². The molecule has 0 bridgehead atoms. The molecule has 2 rings (SSSR count). The maximum atomic E-state index is 11.7. The van der Waals surface area contributed by atoms with Crippen LogP contribution in [0.2, 0.25) is 0 Å². The molecule has 1 aromatic carbocycles. The SMILES string of the molecule is CCN1C(=O)CC(N)C1c1ccccc1Br. The highest BCUT2D eigenvalue weighted by molar-refractivity contribution is 9.10. The molecule has 1 aliphatic heterocycles. The van der Waals surface area contributed by atoms with Crippen molar-refractivity contribution in [1.82, 2.24) is 4.90 Å². The van der Waals surface area contributed by atoms with Crippen molar-refractivity contribution in [2.75, 3.05) is 6.54 Å². The molecule has 86 valence electrons. The first kappa shape index (κ1) is 11.6. The van der Waals surface area contributed by atoms with Crippen LogP contribution in [0.25, 0.3) is 0 Å². The summed E-state index contributed by atoms with van der Waals surface area (Å²) in [4.78, 5) is 13.6. The number of nitrogens with two attached hydrogens (primary N) is 1. The summed E-state index contributed by atoms with van der Waals surface area (Å²) in [5.74, 6) is 0.149. The van der Waals surface area contributed by atoms with Crippen molar-refractivity contribution < 1.29 is 4.79 Å². The Morgan fingerprint density at radius 1 is 1.50 bits per heavy atom. The maximum absolute atomic E-state index is 11.7. The van der Waals surface area contributed by atoms with Crippen LogP contribution in [0.3, 0.4) is 0 Å². The van der Waals surface area contributed by atoms with E-state index in [-0.39, 0.29) is 18.0 Å². The predicted octanol–water partition coefficient (Wildman–Crippen LogP) is 2.07. The zero-order chi connectivity index (χ0) is 11.7. The molecule has 2 N–H and O–H groups in total. The van der Waals surface area contributed by atoms with Gasteiger partial charge in [-0.15, -0.1) is 0 Å². The van der Waals surface area contributed by atoms with E-state index in [2.05, 4.69) is 15.9 Å². The molecule has 1 saturated heterocycles. The highest BCUT2D eigenvalue weighted by atomic mass is 79.9. The van der Waals surface area contributed by atoms with Crippen LogP contribution >= 0.6 is 15.9 Å². The molecule has 3 nitrogen and oxygen atoms in total. The van der Waals surface area contributed by atoms with Gasteiger partial charge in [0.15, 0.2) is 0 Å². The summed E-state index contributed by atoms with van der Waals surface area (Å²) in [6.07, 6.45) is 0.444. The molecule has 1 fully saturated rings. The van der Waals surface area contributed by atoms with E-state index in [9.17, 15) is 4.79 Å². The van der Waals surface area contributed by atoms with Crippen LogP contribution in [0, 0.1) is 0 Å². The Kier molecular flexibility index (Phi) is 3.30. The molecule has 1 amide bonds. The van der Waals surface area contributed by atoms with Crippen molar-refractivity contribution in [1.29, 1.82) is 0 Å². The monoisotopic (exact) mass is 282 g/mol. The lowest BCUT2D eigenvalue weighted by molar-refractivity contribution is -0.128. The molecule has 2 unspecified atom stereocenters. The summed E-state index contributed by atoms with van der Waals surface area (Å²) in [6, 6.07) is 7.85. The summed E-state index contributed by atoms with van der Waals surface area (Å²) in [5.41, 5.74) is 7.15. The number of carbonyl (C=O) groups is 1. The van der Waals surface area contributed by atoms with E-state index >= 15 is 0 Å². The van der Waals surface area contributed by atoms with Crippen LogP contribution in [-0.4, -0.2) is 23.4 Å². The van der Waals surface area contributed by atoms with Gasteiger partial charge in [-0.2, -0.15) is 0 Å². The first-order valence-electron chi connectivity index (χ1n) is 5.44. The predicted molar refractivity (Wildman–Crippen MR) is 66.9 cm³/mol. The third-order valence-electron chi connectivity index (χ3n) is 3.04. The Bertz CT molecular complexity index is 408. The lowest BCUT2D eigenvalue weighted by Crippen LogP contribution is -2.33. The van der Waals surface area contributed by atoms with Gasteiger partial charge in [-0.1, -0.05) is 34.1 Å². The second-order valence-electron chi connectivity index (χ2n) is 4.01. The summed E-state index contributed by atoms with van der Waals surface area (Å²) in [7, 11) is 0. The number of likely N-dealkylation sites (tertiary alicyclic amines) is 1. The van der Waals surface area contributed by atoms with Gasteiger partial charge in [-0.3, -0.25) is 4.79 Å². The average molecular weight is 283 g/mol. The van der Waals surface area contributed by atoms with Crippen molar-refractivity contribution in [3.8, 4) is 0 Å². The molecular weight excluding hydrogens is 268 g/mol. The smallest absolute Gasteiger partial charge is 0.224 e. The molecule has 1 aliphatic rings. The zero-order valence-electron chi connectivity index (χ0n) is 9.19. The number of nitrogens with zero attached hydrogens (tertiary/aromatic N) is 1. The van der Waals surface area contributed by atoms with Crippen LogP contribution in [0.4, 0.5) is 0 Å². The molecule has 2 atom stereocenters. The highest BCUT2D eigenvalue weighted by Crippen LogP contribution is 2.35. The van der Waals surface area contributed by atoms with Gasteiger partial charge in [0.05, 0.1) is 6.04 Å². The van der Waals surface area contributed by atoms with Gasteiger partial charge in [0.1, 0.15) is 0 Å². The number of hydrogen-bond acceptors (Lipinski definition) is 2. The minimum Gasteiger partial charge on any atom is -0.334 e. The van der Waals surface area contributed by atoms with Crippen LogP contribution in [0.1, 0.15) is 24.9 Å². The lowest BCUT2D eigenvalue weighted by Gasteiger charge is -2.26. The van der Waals surface area contributed by atoms with Gasteiger partial charge in [0.25, 0.3) is 0 Å². The molecule has 0 saturated carbocycles. The van der Waals surface area contributed by atoms with E-state index in [1.807, 2.05) is 36.1 Å². The van der Waals surface area contributed by atoms with Gasteiger partial charge < -0.3 is 10.6 Å². The summed E-state index contributed by atoms with van der Waals surface area (Å²) >= 11 is 3.52. The standard InChI is InChI=1S/C12H15BrN2O/c1-2-15-11(16)7-10(14)12(15)8-5-3-4-6-9(8)13/h3-6,10,12H,2,7,14H2,1H3. The fourth-order valence-electron chi connectivity index (χ4n) is 2.30. The van der Waals surface area contributed by atoms with Crippen molar-refractivity contribution in [2.24, 2.45) is 5.73 Å². The van der Waals surface area contributed by atoms with Gasteiger partial charge in [-0.25, -0.2) is 0 Å². The number of amides is 1. The first-order valence-corrected chi connectivity index (χ1v) is 6.24. The Morgan fingerprint density at radius 3 is 2.81 bits per heavy atom. The number of rotatable bonds is 2. The van der Waals surface area contributed by atoms with E-state index in [0.717, 1.165) is 10.0 Å². The molecule has 0 aromatic heterocycles. The van der Waals surface area contributed by atoms with Gasteiger partial charge in [-0.05, 0) is 18.6 Å². The zero-order valence-corrected chi connectivity index (χ0v) is 10.8. The number of halogens is 1. The number of carbonyl (C=O) groups excluding carboxylic acids is 1. The van der Waals surface area contributed by atoms with E-state index in [1.54, 1.807) is 0 Å². The van der Waals surface area contributed by atoms with Gasteiger partial charge in [0, 0.05) is 23.5 Å². The normalized spacial score (nSPS) is 25.2. The minimum atomic E-state index is -0.105. The van der Waals surface area contributed by atoms with Crippen molar-refractivity contribution in [3.05, 3.63) is 34.3 Å². The number of likely N-dealkylation sites (N-methyl/N-ethyl adjacent to an activating group) is 1. The average Bonchev–Trinajstić information content (AvgIpc) is 2.54. The molecular formula is C12H15BrN2O. The second kappa shape index (κ2) is 4.55. The topological polar surface area (TPSA) is 46.3 Å². The molecule has 16 heavy (non-hydrogen) atoms. The molecule has 1 heterocycles. The van der Waals surface area contributed by atoms with Crippen molar-refractivity contribution in [2.45, 2.75) is 25.4 Å². The number of benzene rings is 1. The highest BCUT2D eigenvalue weighted by Gasteiger charge is 2.38. The molecule has 0 spiro atoms. The molecule has 1 aromatic rings. The van der Waals surface area contributed by atoms with E-state index in [0.29, 0.717) is 13.0 Å². The first-order chi connectivity index (χ1) is 7.65. The minimum absolute atomic E-state index is 0.00748. The van der Waals surface area contributed by atoms with Crippen LogP contribution in [-0.2, 0) is 4.79 Å². The van der Waals surface area contributed by atoms with Crippen LogP contribution in [0.5, 0.6) is 0 Å². The molecule has 0 aliphatic carbocycles. The van der Waals surface area contributed by atoms with Gasteiger partial charge >= 0.3 is 0 Å². The third-order valence-corrected chi connectivity index (χ3v) is 3.76. The molecule has 4 heteroatoms. The van der Waals surface area contributed by atoms with E-state index in [4.69, 9.17) is 5.73 Å². The lowest BCUT2D eigenvalue weighted by atomic mass is 10.0. The number of hydrogen-bond donors (Lipinski definition) is 1. The largest absolute Gasteiger partial charge is 0.334 e. The fraction of sp³-hybridized carbons (Fsp3) is 0.417. The summed E-state index contributed by atoms with van der Waals surface area (Å²) < 4.78 is 1.02. The Morgan fingerprint density at radius 2 is 2.19 bits per heavy atom.